The van der Waals surface area contributed by atoms with E-state index in [1.165, 1.54) is 18.2 Å². The number of hydrogen-bond donors (Lipinski definition) is 0. The van der Waals surface area contributed by atoms with E-state index in [4.69, 9.17) is 0 Å². The van der Waals surface area contributed by atoms with Crippen LogP contribution in [0.1, 0.15) is 49.6 Å². The molecule has 0 spiro atoms. The molecule has 2 aromatic heterocycles. The lowest BCUT2D eigenvalue weighted by Crippen LogP contribution is -2.37. The molecule has 1 saturated carbocycles. The first-order valence-corrected chi connectivity index (χ1v) is 9.06. The zero-order valence-electron chi connectivity index (χ0n) is 15.1. The molecule has 2 aliphatic rings. The monoisotopic (exact) mass is 364 g/mol. The molecule has 0 radical (unpaired) electrons. The highest BCUT2D eigenvalue weighted by molar-refractivity contribution is 5.64. The number of aromatic nitrogens is 4. The van der Waals surface area contributed by atoms with Gasteiger partial charge in [-0.2, -0.15) is 5.10 Å². The van der Waals surface area contributed by atoms with Crippen LogP contribution in [-0.4, -0.2) is 20.2 Å². The van der Waals surface area contributed by atoms with Crippen molar-refractivity contribution in [1.29, 1.82) is 0 Å². The molecule has 2 bridgehead atoms. The van der Waals surface area contributed by atoms with Crippen molar-refractivity contribution >= 4 is 0 Å². The fourth-order valence-corrected chi connectivity index (χ4v) is 5.30. The van der Waals surface area contributed by atoms with E-state index in [0.717, 1.165) is 29.8 Å². The first-order chi connectivity index (χ1) is 13.0. The first-order valence-electron chi connectivity index (χ1n) is 9.06. The Morgan fingerprint density at radius 3 is 2.56 bits per heavy atom. The number of benzene rings is 1. The van der Waals surface area contributed by atoms with Gasteiger partial charge in [-0.25, -0.2) is 18.7 Å². The highest BCUT2D eigenvalue weighted by Gasteiger charge is 2.64. The minimum Gasteiger partial charge on any atom is -0.245 e. The summed E-state index contributed by atoms with van der Waals surface area (Å²) in [7, 11) is 0. The fourth-order valence-electron chi connectivity index (χ4n) is 5.30. The highest BCUT2D eigenvalue weighted by atomic mass is 19.1. The predicted octanol–water partition coefficient (Wildman–Crippen LogP) is 4.42. The van der Waals surface area contributed by atoms with Crippen molar-refractivity contribution in [1.82, 2.24) is 20.2 Å². The summed E-state index contributed by atoms with van der Waals surface area (Å²) >= 11 is 0. The van der Waals surface area contributed by atoms with Gasteiger partial charge >= 0.3 is 0 Å². The van der Waals surface area contributed by atoms with E-state index in [1.54, 1.807) is 12.5 Å². The Labute approximate surface area is 155 Å². The molecule has 136 valence electrons. The molecule has 4 nitrogen and oxygen atoms in total. The van der Waals surface area contributed by atoms with E-state index >= 15 is 0 Å². The smallest absolute Gasteiger partial charge is 0.135 e. The van der Waals surface area contributed by atoms with Crippen LogP contribution < -0.4 is 0 Å². The van der Waals surface area contributed by atoms with Crippen molar-refractivity contribution in [3.8, 4) is 11.3 Å². The quantitative estimate of drug-likeness (QED) is 0.676. The second-order valence-corrected chi connectivity index (χ2v) is 7.94. The zero-order chi connectivity index (χ0) is 18.8. The maximum atomic E-state index is 14.2. The van der Waals surface area contributed by atoms with Gasteiger partial charge in [0.25, 0.3) is 0 Å². The standard InChI is InChI=1S/C21H18F2N4/c1-20(2)13-6-8-21(20,17-7-9-24-11-25-17)19-12(13)10-16(26-27-19)18-14(22)4-3-5-15(18)23/h3-5,7,9-11,13H,6,8H2,1-2H3/t13-,21+/m0/s1. The number of hydrogen-bond acceptors (Lipinski definition) is 4. The average Bonchev–Trinajstić information content (AvgIpc) is 3.04. The van der Waals surface area contributed by atoms with Crippen LogP contribution in [-0.2, 0) is 5.41 Å². The van der Waals surface area contributed by atoms with Crippen LogP contribution in [0.5, 0.6) is 0 Å². The van der Waals surface area contributed by atoms with E-state index in [1.807, 2.05) is 12.1 Å². The topological polar surface area (TPSA) is 51.6 Å². The summed E-state index contributed by atoms with van der Waals surface area (Å²) in [5.41, 5.74) is 2.48. The molecule has 27 heavy (non-hydrogen) atoms. The minimum atomic E-state index is -0.628. The van der Waals surface area contributed by atoms with E-state index in [-0.39, 0.29) is 28.0 Å². The van der Waals surface area contributed by atoms with Gasteiger partial charge in [-0.1, -0.05) is 19.9 Å². The molecule has 1 aromatic carbocycles. The molecular weight excluding hydrogens is 346 g/mol. The summed E-state index contributed by atoms with van der Waals surface area (Å²) in [5, 5.41) is 8.72. The predicted molar refractivity (Wildman–Crippen MR) is 96.0 cm³/mol. The molecule has 0 amide bonds. The van der Waals surface area contributed by atoms with Crippen LogP contribution in [0.15, 0.2) is 42.9 Å². The highest BCUT2D eigenvalue weighted by Crippen LogP contribution is 2.69. The van der Waals surface area contributed by atoms with Crippen LogP contribution in [0.2, 0.25) is 0 Å². The van der Waals surface area contributed by atoms with Gasteiger partial charge in [0.1, 0.15) is 18.0 Å². The number of fused-ring (bicyclic) bond motifs is 5. The molecule has 2 aliphatic carbocycles. The summed E-state index contributed by atoms with van der Waals surface area (Å²) in [5.74, 6) is -1.01. The van der Waals surface area contributed by atoms with Gasteiger partial charge in [-0.15, -0.1) is 5.10 Å². The minimum absolute atomic E-state index is 0.120. The van der Waals surface area contributed by atoms with Gasteiger partial charge < -0.3 is 0 Å². The number of nitrogens with zero attached hydrogens (tertiary/aromatic N) is 4. The van der Waals surface area contributed by atoms with E-state index < -0.39 is 11.6 Å². The lowest BCUT2D eigenvalue weighted by atomic mass is 9.66. The van der Waals surface area contributed by atoms with Crippen LogP contribution >= 0.6 is 0 Å². The molecule has 5 rings (SSSR count). The Balaban J connectivity index is 1.74. The second-order valence-electron chi connectivity index (χ2n) is 7.94. The summed E-state index contributed by atoms with van der Waals surface area (Å²) in [6.07, 6.45) is 5.21. The largest absolute Gasteiger partial charge is 0.245 e. The zero-order valence-corrected chi connectivity index (χ0v) is 15.1. The van der Waals surface area contributed by atoms with Crippen LogP contribution in [0, 0.1) is 17.0 Å². The second kappa shape index (κ2) is 5.38. The van der Waals surface area contributed by atoms with Crippen molar-refractivity contribution in [3.63, 3.8) is 0 Å². The van der Waals surface area contributed by atoms with E-state index in [2.05, 4.69) is 34.0 Å². The Bertz CT molecular complexity index is 1030. The van der Waals surface area contributed by atoms with Crippen molar-refractivity contribution < 1.29 is 8.78 Å². The third kappa shape index (κ3) is 1.95. The molecule has 0 unspecified atom stereocenters. The normalized spacial score (nSPS) is 24.8. The third-order valence-corrected chi connectivity index (χ3v) is 6.62. The molecule has 0 aliphatic heterocycles. The molecule has 3 aromatic rings. The molecular formula is C21H18F2N4. The van der Waals surface area contributed by atoms with Crippen molar-refractivity contribution in [2.75, 3.05) is 0 Å². The molecule has 2 atom stereocenters. The summed E-state index contributed by atoms with van der Waals surface area (Å²) in [6.45, 7) is 4.44. The Morgan fingerprint density at radius 2 is 1.85 bits per heavy atom. The summed E-state index contributed by atoms with van der Waals surface area (Å²) in [6, 6.07) is 7.59. The van der Waals surface area contributed by atoms with Gasteiger partial charge in [0.05, 0.1) is 28.1 Å². The van der Waals surface area contributed by atoms with Gasteiger partial charge in [0.15, 0.2) is 0 Å². The van der Waals surface area contributed by atoms with Gasteiger partial charge in [0, 0.05) is 6.20 Å². The average molecular weight is 364 g/mol. The summed E-state index contributed by atoms with van der Waals surface area (Å²) < 4.78 is 28.5. The molecule has 1 fully saturated rings. The van der Waals surface area contributed by atoms with Crippen LogP contribution in [0.4, 0.5) is 8.78 Å². The molecule has 0 saturated heterocycles. The van der Waals surface area contributed by atoms with E-state index in [0.29, 0.717) is 0 Å². The van der Waals surface area contributed by atoms with E-state index in [9.17, 15) is 8.78 Å². The van der Waals surface area contributed by atoms with Gasteiger partial charge in [-0.05, 0) is 54.0 Å². The van der Waals surface area contributed by atoms with Gasteiger partial charge in [0.2, 0.25) is 0 Å². The molecule has 0 N–H and O–H groups in total. The van der Waals surface area contributed by atoms with Crippen molar-refractivity contribution in [2.24, 2.45) is 5.41 Å². The van der Waals surface area contributed by atoms with Crippen LogP contribution in [0.25, 0.3) is 11.3 Å². The SMILES string of the molecule is CC1(C)[C@H]2CC[C@@]1(c1ccncn1)c1nnc(-c3c(F)cccc3F)cc12. The molecule has 6 heteroatoms. The Morgan fingerprint density at radius 1 is 1.07 bits per heavy atom. The Hall–Kier alpha value is -2.76. The lowest BCUT2D eigenvalue weighted by Gasteiger charge is -2.37. The van der Waals surface area contributed by atoms with Gasteiger partial charge in [-0.3, -0.25) is 0 Å². The molecule has 2 heterocycles. The Kier molecular flexibility index (Phi) is 3.27. The maximum absolute atomic E-state index is 14.2. The fraction of sp³-hybridized carbons (Fsp3) is 0.333. The first kappa shape index (κ1) is 16.4. The maximum Gasteiger partial charge on any atom is 0.135 e. The number of halogens is 2. The summed E-state index contributed by atoms with van der Waals surface area (Å²) in [4.78, 5) is 8.58. The van der Waals surface area contributed by atoms with Crippen molar-refractivity contribution in [3.05, 3.63) is 71.4 Å². The number of rotatable bonds is 2. The lowest BCUT2D eigenvalue weighted by molar-refractivity contribution is 0.242. The third-order valence-electron chi connectivity index (χ3n) is 6.62. The van der Waals surface area contributed by atoms with Crippen LogP contribution in [0.3, 0.4) is 0 Å². The van der Waals surface area contributed by atoms with Crippen molar-refractivity contribution in [2.45, 2.75) is 38.0 Å².